The molecule has 110 valence electrons. The molecule has 0 aliphatic rings. The van der Waals surface area contributed by atoms with Crippen LogP contribution in [0.15, 0.2) is 0 Å². The Hall–Kier alpha value is -1.63. The zero-order valence-corrected chi connectivity index (χ0v) is 12.6. The quantitative estimate of drug-likeness (QED) is 0.367. The Bertz CT molecular complexity index is 308. The summed E-state index contributed by atoms with van der Waals surface area (Å²) in [6.45, 7) is -1.00. The maximum Gasteiger partial charge on any atom is 3.00 e. The fraction of sp³-hybridized carbons (Fsp3) is 0.375. The summed E-state index contributed by atoms with van der Waals surface area (Å²) in [5, 5.41) is 55.4. The van der Waals surface area contributed by atoms with E-state index in [4.69, 9.17) is 24.9 Å². The molecule has 0 aromatic carbocycles. The van der Waals surface area contributed by atoms with Crippen molar-refractivity contribution in [3.63, 3.8) is 0 Å². The number of hydrogen-bond acceptors (Lipinski definition) is 11. The maximum atomic E-state index is 10.1. The molecule has 0 unspecified atom stereocenters. The van der Waals surface area contributed by atoms with E-state index in [-0.39, 0.29) is 34.7 Å². The number of aliphatic carboxylic acids is 3. The van der Waals surface area contributed by atoms with Gasteiger partial charge in [0.25, 0.3) is 0 Å². The molecule has 0 aliphatic carbocycles. The number of aliphatic hydroxyl groups is 1. The molecule has 1 N–H and O–H groups in total. The minimum Gasteiger partial charge on any atom is -0.554 e. The van der Waals surface area contributed by atoms with Gasteiger partial charge in [-0.1, -0.05) is 0 Å². The molecule has 0 radical (unpaired) electrons. The second kappa shape index (κ2) is 18.4. The summed E-state index contributed by atoms with van der Waals surface area (Å²) < 4.78 is 0. The summed E-state index contributed by atoms with van der Waals surface area (Å²) >= 11 is 0. The van der Waals surface area contributed by atoms with Crippen LogP contribution in [0.3, 0.4) is 0 Å². The van der Waals surface area contributed by atoms with Crippen LogP contribution in [-0.2, 0) is 24.0 Å². The summed E-state index contributed by atoms with van der Waals surface area (Å²) in [5.74, 6) is -5.98. The third-order valence-corrected chi connectivity index (χ3v) is 1.25. The fourth-order valence-corrected chi connectivity index (χ4v) is 0.684. The topological polar surface area (TPSA) is 221 Å². The van der Waals surface area contributed by atoms with Crippen molar-refractivity contribution in [1.82, 2.24) is 0 Å². The molecule has 0 aliphatic heterocycles. The number of hydrogen-bond donors (Lipinski definition) is 1. The zero-order chi connectivity index (χ0) is 16.1. The molecule has 0 atom stereocenters. The van der Waals surface area contributed by atoms with Crippen molar-refractivity contribution in [3.8, 4) is 0 Å². The van der Waals surface area contributed by atoms with E-state index in [0.717, 1.165) is 0 Å². The van der Waals surface area contributed by atoms with Crippen molar-refractivity contribution in [1.29, 1.82) is 0 Å². The van der Waals surface area contributed by atoms with Crippen LogP contribution in [-0.4, -0.2) is 76.3 Å². The van der Waals surface area contributed by atoms with Crippen molar-refractivity contribution in [2.24, 2.45) is 0 Å². The van der Waals surface area contributed by atoms with E-state index in [0.29, 0.717) is 0 Å². The SMILES string of the molecule is O=C([O-])CC(O)(CC(=O)[O-])C(=O)[O-].O=C[O-].O=C[O-].[Al+3].[Al+3]. The van der Waals surface area contributed by atoms with Gasteiger partial charge in [-0.05, 0) is 0 Å². The maximum absolute atomic E-state index is 10.1. The van der Waals surface area contributed by atoms with Crippen LogP contribution in [0.1, 0.15) is 12.8 Å². The number of carbonyl (C=O) groups excluding carboxylic acids is 5. The van der Waals surface area contributed by atoms with E-state index < -0.39 is 49.3 Å². The molecule has 0 amide bonds. The molecule has 0 rings (SSSR count). The van der Waals surface area contributed by atoms with Crippen LogP contribution in [0.5, 0.6) is 0 Å². The molecule has 13 heteroatoms. The van der Waals surface area contributed by atoms with E-state index in [1.54, 1.807) is 0 Å². The average Bonchev–Trinajstić information content (AvgIpc) is 2.16. The molecule has 0 saturated heterocycles. The minimum absolute atomic E-state index is 0. The van der Waals surface area contributed by atoms with Crippen LogP contribution in [0.2, 0.25) is 0 Å². The van der Waals surface area contributed by atoms with Gasteiger partial charge in [0.1, 0.15) is 5.60 Å². The fourth-order valence-electron chi connectivity index (χ4n) is 0.684. The number of rotatable bonds is 5. The first-order chi connectivity index (χ1) is 8.60. The first kappa shape index (κ1) is 31.7. The molecule has 11 nitrogen and oxygen atoms in total. The van der Waals surface area contributed by atoms with Gasteiger partial charge in [-0.15, -0.1) is 0 Å². The van der Waals surface area contributed by atoms with Crippen LogP contribution in [0, 0.1) is 0 Å². The second-order valence-corrected chi connectivity index (χ2v) is 2.61. The van der Waals surface area contributed by atoms with Gasteiger partial charge in [-0.2, -0.15) is 0 Å². The predicted octanol–water partition coefficient (Wildman–Crippen LogP) is -9.28. The molecule has 0 aromatic rings. The third kappa shape index (κ3) is 23.8. The van der Waals surface area contributed by atoms with E-state index in [9.17, 15) is 29.7 Å². The van der Waals surface area contributed by atoms with Gasteiger partial charge < -0.3 is 54.6 Å². The van der Waals surface area contributed by atoms with Crippen molar-refractivity contribution >= 4 is 65.6 Å². The zero-order valence-electron chi connectivity index (χ0n) is 10.3. The van der Waals surface area contributed by atoms with Gasteiger partial charge in [-0.3, -0.25) is 0 Å². The number of carboxylic acid groups (broad SMARTS) is 5. The van der Waals surface area contributed by atoms with Crippen LogP contribution in [0.4, 0.5) is 0 Å². The van der Waals surface area contributed by atoms with E-state index >= 15 is 0 Å². The van der Waals surface area contributed by atoms with E-state index in [1.165, 1.54) is 0 Å². The predicted molar refractivity (Wildman–Crippen MR) is 52.8 cm³/mol. The first-order valence-corrected chi connectivity index (χ1v) is 4.06. The minimum atomic E-state index is -2.97. The molecule has 21 heavy (non-hydrogen) atoms. The molecule has 0 saturated carbocycles. The monoisotopic (exact) mass is 333 g/mol. The summed E-state index contributed by atoms with van der Waals surface area (Å²) in [6.07, 6.45) is -2.72. The Morgan fingerprint density at radius 1 is 0.857 bits per heavy atom. The van der Waals surface area contributed by atoms with Gasteiger partial charge in [0, 0.05) is 37.7 Å². The normalized spacial score (nSPS) is 7.86. The summed E-state index contributed by atoms with van der Waals surface area (Å²) in [7, 11) is 0. The van der Waals surface area contributed by atoms with Crippen LogP contribution in [0.25, 0.3) is 0 Å². The smallest absolute Gasteiger partial charge is 0.554 e. The molecule has 0 bridgehead atoms. The van der Waals surface area contributed by atoms with Crippen molar-refractivity contribution in [3.05, 3.63) is 0 Å². The van der Waals surface area contributed by atoms with Crippen LogP contribution >= 0.6 is 0 Å². The molecule has 0 spiro atoms. The molecule has 0 aromatic heterocycles. The number of carbonyl (C=O) groups is 5. The molecule has 0 heterocycles. The standard InChI is InChI=1S/C6H8O7.2CH2O2.2Al/c7-3(8)1-6(13,5(11)12)2-4(9)10;2*2-1-3;;/h13H,1-2H2,(H,7,8)(H,9,10)(H,11,12);2*1H,(H,2,3);;/q;;;2*+3/p-5. The van der Waals surface area contributed by atoms with Crippen molar-refractivity contribution < 1.29 is 54.6 Å². The molecule has 0 fully saturated rings. The van der Waals surface area contributed by atoms with E-state index in [2.05, 4.69) is 0 Å². The van der Waals surface area contributed by atoms with Gasteiger partial charge in [0.15, 0.2) is 0 Å². The Labute approximate surface area is 139 Å². The number of carboxylic acids is 3. The first-order valence-electron chi connectivity index (χ1n) is 4.06. The van der Waals surface area contributed by atoms with Gasteiger partial charge in [0.05, 0.1) is 5.97 Å². The van der Waals surface area contributed by atoms with Crippen molar-refractivity contribution in [2.75, 3.05) is 0 Å². The van der Waals surface area contributed by atoms with Gasteiger partial charge >= 0.3 is 34.7 Å². The molecular weight excluding hydrogens is 326 g/mol. The third-order valence-electron chi connectivity index (χ3n) is 1.25. The van der Waals surface area contributed by atoms with Crippen LogP contribution < -0.4 is 25.5 Å². The Kier molecular flexibility index (Phi) is 27.7. The summed E-state index contributed by atoms with van der Waals surface area (Å²) in [4.78, 5) is 46.5. The van der Waals surface area contributed by atoms with E-state index in [1.807, 2.05) is 0 Å². The Morgan fingerprint density at radius 2 is 1.05 bits per heavy atom. The molecular formula is C8H7Al2O11+. The second-order valence-electron chi connectivity index (χ2n) is 2.61. The largest absolute Gasteiger partial charge is 3.00 e. The average molecular weight is 333 g/mol. The van der Waals surface area contributed by atoms with Gasteiger partial charge in [0.2, 0.25) is 0 Å². The summed E-state index contributed by atoms with van der Waals surface area (Å²) in [5.41, 5.74) is -2.97. The Balaban J connectivity index is -0.0000000919. The summed E-state index contributed by atoms with van der Waals surface area (Å²) in [6, 6.07) is 0. The van der Waals surface area contributed by atoms with Gasteiger partial charge in [-0.25, -0.2) is 0 Å². The van der Waals surface area contributed by atoms with Crippen molar-refractivity contribution in [2.45, 2.75) is 18.4 Å². The Morgan fingerprint density at radius 3 is 1.14 bits per heavy atom.